The van der Waals surface area contributed by atoms with E-state index >= 15 is 0 Å². The summed E-state index contributed by atoms with van der Waals surface area (Å²) >= 11 is 0. The third kappa shape index (κ3) is 4.07. The number of ether oxygens (including phenoxy) is 1. The lowest BCUT2D eigenvalue weighted by molar-refractivity contribution is 0.194. The van der Waals surface area contributed by atoms with Crippen LogP contribution in [-0.4, -0.2) is 22.1 Å². The molecule has 1 N–H and O–H groups in total. The molecule has 1 aromatic heterocycles. The van der Waals surface area contributed by atoms with Crippen LogP contribution in [0.2, 0.25) is 0 Å². The lowest BCUT2D eigenvalue weighted by atomic mass is 10.0. The van der Waals surface area contributed by atoms with Crippen molar-refractivity contribution in [3.05, 3.63) is 114 Å². The van der Waals surface area contributed by atoms with Crippen molar-refractivity contribution in [1.82, 2.24) is 9.47 Å². The highest BCUT2D eigenvalue weighted by Crippen LogP contribution is 2.37. The monoisotopic (exact) mass is 441 g/mol. The highest BCUT2D eigenvalue weighted by Gasteiger charge is 2.33. The number of aromatic nitrogens is 1. The van der Waals surface area contributed by atoms with Crippen molar-refractivity contribution >= 4 is 11.7 Å². The summed E-state index contributed by atoms with van der Waals surface area (Å²) in [6.45, 7) is 2.92. The zero-order valence-electron chi connectivity index (χ0n) is 18.2. The number of hydrogen-bond donors (Lipinski definition) is 1. The van der Waals surface area contributed by atoms with Gasteiger partial charge in [-0.2, -0.15) is 0 Å². The molecule has 33 heavy (non-hydrogen) atoms. The van der Waals surface area contributed by atoms with Crippen LogP contribution in [0.25, 0.3) is 5.69 Å². The zero-order valence-corrected chi connectivity index (χ0v) is 18.2. The number of fused-ring (bicyclic) bond motifs is 3. The fourth-order valence-electron chi connectivity index (χ4n) is 4.33. The Bertz CT molecular complexity index is 1270. The van der Waals surface area contributed by atoms with E-state index in [-0.39, 0.29) is 11.8 Å². The molecule has 166 valence electrons. The maximum absolute atomic E-state index is 13.7. The van der Waals surface area contributed by atoms with Crippen molar-refractivity contribution in [2.24, 2.45) is 0 Å². The molecular formula is C27H24FN3O2. The SMILES string of the molecule is CCOc1ccc(NC(=O)N2Cc3ccccc3-n3cccc3[C@H]2c2ccc(F)cc2)cc1. The van der Waals surface area contributed by atoms with E-state index in [1.165, 1.54) is 12.1 Å². The van der Waals surface area contributed by atoms with E-state index < -0.39 is 6.04 Å². The van der Waals surface area contributed by atoms with Crippen molar-refractivity contribution in [1.29, 1.82) is 0 Å². The van der Waals surface area contributed by atoms with Crippen molar-refractivity contribution in [2.45, 2.75) is 19.5 Å². The number of nitrogens with one attached hydrogen (secondary N) is 1. The van der Waals surface area contributed by atoms with Gasteiger partial charge >= 0.3 is 6.03 Å². The summed E-state index contributed by atoms with van der Waals surface area (Å²) in [5.41, 5.74) is 4.51. The lowest BCUT2D eigenvalue weighted by Crippen LogP contribution is -2.37. The number of benzene rings is 3. The molecule has 0 fully saturated rings. The van der Waals surface area contributed by atoms with E-state index in [1.807, 2.05) is 67.7 Å². The van der Waals surface area contributed by atoms with Crippen molar-refractivity contribution < 1.29 is 13.9 Å². The predicted octanol–water partition coefficient (Wildman–Crippen LogP) is 6.15. The number of carbonyl (C=O) groups is 1. The summed E-state index contributed by atoms with van der Waals surface area (Å²) in [7, 11) is 0. The van der Waals surface area contributed by atoms with Crippen LogP contribution in [0.15, 0.2) is 91.1 Å². The van der Waals surface area contributed by atoms with Gasteiger partial charge in [-0.25, -0.2) is 9.18 Å². The van der Waals surface area contributed by atoms with E-state index in [9.17, 15) is 9.18 Å². The third-order valence-corrected chi connectivity index (χ3v) is 5.83. The quantitative estimate of drug-likeness (QED) is 0.413. The molecule has 1 atom stereocenters. The molecule has 5 rings (SSSR count). The minimum Gasteiger partial charge on any atom is -0.494 e. The molecule has 2 heterocycles. The first kappa shape index (κ1) is 20.8. The predicted molar refractivity (Wildman–Crippen MR) is 126 cm³/mol. The summed E-state index contributed by atoms with van der Waals surface area (Å²) in [4.78, 5) is 15.4. The van der Waals surface area contributed by atoms with Crippen LogP contribution in [0.5, 0.6) is 5.75 Å². The molecule has 5 nitrogen and oxygen atoms in total. The van der Waals surface area contributed by atoms with Gasteiger partial charge in [-0.1, -0.05) is 30.3 Å². The first-order chi connectivity index (χ1) is 16.1. The highest BCUT2D eigenvalue weighted by molar-refractivity contribution is 5.90. The average molecular weight is 442 g/mol. The summed E-state index contributed by atoms with van der Waals surface area (Å²) in [6.07, 6.45) is 2.00. The molecule has 0 bridgehead atoms. The lowest BCUT2D eigenvalue weighted by Gasteiger charge is -2.31. The third-order valence-electron chi connectivity index (χ3n) is 5.83. The Balaban J connectivity index is 1.55. The van der Waals surface area contributed by atoms with Crippen molar-refractivity contribution in [3.8, 4) is 11.4 Å². The van der Waals surface area contributed by atoms with Gasteiger partial charge in [-0.15, -0.1) is 0 Å². The molecule has 0 aliphatic carbocycles. The summed E-state index contributed by atoms with van der Waals surface area (Å²) in [5, 5.41) is 3.02. The number of halogens is 1. The van der Waals surface area contributed by atoms with Gasteiger partial charge in [0.15, 0.2) is 0 Å². The van der Waals surface area contributed by atoms with E-state index in [0.717, 1.165) is 28.3 Å². The molecule has 4 aromatic rings. The number of nitrogens with zero attached hydrogens (tertiary/aromatic N) is 2. The van der Waals surface area contributed by atoms with Gasteiger partial charge in [-0.05, 0) is 72.6 Å². The molecule has 3 aromatic carbocycles. The van der Waals surface area contributed by atoms with Crippen LogP contribution in [0.1, 0.15) is 29.8 Å². The fraction of sp³-hybridized carbons (Fsp3) is 0.148. The Morgan fingerprint density at radius 1 is 1.00 bits per heavy atom. The van der Waals surface area contributed by atoms with Gasteiger partial charge < -0.3 is 19.5 Å². The zero-order chi connectivity index (χ0) is 22.8. The second-order valence-electron chi connectivity index (χ2n) is 7.90. The number of anilines is 1. The van der Waals surface area contributed by atoms with Gasteiger partial charge in [0.05, 0.1) is 24.9 Å². The van der Waals surface area contributed by atoms with Gasteiger partial charge in [0.25, 0.3) is 0 Å². The Morgan fingerprint density at radius 3 is 2.52 bits per heavy atom. The van der Waals surface area contributed by atoms with Gasteiger partial charge in [0, 0.05) is 17.6 Å². The average Bonchev–Trinajstić information content (AvgIpc) is 3.26. The summed E-state index contributed by atoms with van der Waals surface area (Å²) in [5.74, 6) is 0.442. The van der Waals surface area contributed by atoms with Crippen LogP contribution < -0.4 is 10.1 Å². The molecule has 2 amide bonds. The van der Waals surface area contributed by atoms with Crippen molar-refractivity contribution in [2.75, 3.05) is 11.9 Å². The Hall–Kier alpha value is -4.06. The van der Waals surface area contributed by atoms with E-state index in [1.54, 1.807) is 17.0 Å². The van der Waals surface area contributed by atoms with Gasteiger partial charge in [0.1, 0.15) is 11.6 Å². The van der Waals surface area contributed by atoms with Gasteiger partial charge in [0.2, 0.25) is 0 Å². The fourth-order valence-corrected chi connectivity index (χ4v) is 4.33. The minimum absolute atomic E-state index is 0.238. The smallest absolute Gasteiger partial charge is 0.322 e. The molecule has 6 heteroatoms. The Morgan fingerprint density at radius 2 is 1.76 bits per heavy atom. The molecular weight excluding hydrogens is 417 g/mol. The maximum atomic E-state index is 13.7. The molecule has 0 spiro atoms. The molecule has 0 unspecified atom stereocenters. The number of urea groups is 1. The maximum Gasteiger partial charge on any atom is 0.322 e. The second-order valence-corrected chi connectivity index (χ2v) is 7.90. The number of amides is 2. The van der Waals surface area contributed by atoms with Crippen LogP contribution in [-0.2, 0) is 6.54 Å². The number of hydrogen-bond acceptors (Lipinski definition) is 2. The minimum atomic E-state index is -0.393. The van der Waals surface area contributed by atoms with E-state index in [4.69, 9.17) is 4.74 Å². The molecule has 0 saturated heterocycles. The van der Waals surface area contributed by atoms with E-state index in [2.05, 4.69) is 16.0 Å². The Labute approximate surface area is 192 Å². The van der Waals surface area contributed by atoms with E-state index in [0.29, 0.717) is 18.8 Å². The van der Waals surface area contributed by atoms with Crippen molar-refractivity contribution in [3.63, 3.8) is 0 Å². The number of para-hydroxylation sites is 1. The largest absolute Gasteiger partial charge is 0.494 e. The molecule has 0 saturated carbocycles. The molecule has 1 aliphatic rings. The standard InChI is InChI=1S/C27H24FN3O2/c1-2-33-23-15-13-22(14-16-23)29-27(32)31-18-20-6-3-4-7-24(20)30-17-5-8-25(30)26(31)19-9-11-21(28)12-10-19/h3-17,26H,2,18H2,1H3,(H,29,32)/t26-/m1/s1. The number of rotatable bonds is 4. The van der Waals surface area contributed by atoms with Crippen LogP contribution in [0.3, 0.4) is 0 Å². The van der Waals surface area contributed by atoms with Gasteiger partial charge in [-0.3, -0.25) is 0 Å². The highest BCUT2D eigenvalue weighted by atomic mass is 19.1. The molecule has 1 aliphatic heterocycles. The summed E-state index contributed by atoms with van der Waals surface area (Å²) < 4.78 is 21.3. The van der Waals surface area contributed by atoms with Crippen LogP contribution in [0.4, 0.5) is 14.9 Å². The summed E-state index contributed by atoms with van der Waals surface area (Å²) in [6, 6.07) is 25.1. The van der Waals surface area contributed by atoms with Crippen LogP contribution in [0, 0.1) is 5.82 Å². The number of carbonyl (C=O) groups excluding carboxylic acids is 1. The first-order valence-electron chi connectivity index (χ1n) is 11.0. The molecule has 0 radical (unpaired) electrons. The van der Waals surface area contributed by atoms with Crippen LogP contribution >= 0.6 is 0 Å². The topological polar surface area (TPSA) is 46.5 Å². The second kappa shape index (κ2) is 8.82. The Kier molecular flexibility index (Phi) is 5.57. The first-order valence-corrected chi connectivity index (χ1v) is 11.0. The normalized spacial score (nSPS) is 14.7.